The molecular weight excluding hydrogens is 346 g/mol. The van der Waals surface area contributed by atoms with E-state index in [0.717, 1.165) is 5.56 Å². The van der Waals surface area contributed by atoms with Crippen LogP contribution in [-0.2, 0) is 17.8 Å². The van der Waals surface area contributed by atoms with Crippen molar-refractivity contribution in [1.82, 2.24) is 15.3 Å². The molecule has 0 spiro atoms. The molecule has 2 aromatic carbocycles. The fourth-order valence-electron chi connectivity index (χ4n) is 2.86. The van der Waals surface area contributed by atoms with Gasteiger partial charge in [0.2, 0.25) is 5.91 Å². The highest BCUT2D eigenvalue weighted by atomic mass is 16.5. The van der Waals surface area contributed by atoms with Gasteiger partial charge in [0.15, 0.2) is 11.5 Å². The van der Waals surface area contributed by atoms with Gasteiger partial charge in [0.1, 0.15) is 5.82 Å². The maximum absolute atomic E-state index is 12.2. The Morgan fingerprint density at radius 2 is 1.93 bits per heavy atom. The van der Waals surface area contributed by atoms with Gasteiger partial charge in [-0.3, -0.25) is 9.59 Å². The van der Waals surface area contributed by atoms with Crippen LogP contribution < -0.4 is 20.3 Å². The summed E-state index contributed by atoms with van der Waals surface area (Å²) in [5, 5.41) is 3.39. The van der Waals surface area contributed by atoms with Gasteiger partial charge in [0, 0.05) is 24.9 Å². The number of benzene rings is 2. The summed E-state index contributed by atoms with van der Waals surface area (Å²) in [6.07, 6.45) is 0.564. The Hall–Kier alpha value is -3.35. The second kappa shape index (κ2) is 8.35. The van der Waals surface area contributed by atoms with Gasteiger partial charge < -0.3 is 19.8 Å². The van der Waals surface area contributed by atoms with Crippen molar-refractivity contribution in [3.8, 4) is 11.5 Å². The average Bonchev–Trinajstić information content (AvgIpc) is 2.70. The predicted octanol–water partition coefficient (Wildman–Crippen LogP) is 2.19. The van der Waals surface area contributed by atoms with Gasteiger partial charge in [-0.25, -0.2) is 4.98 Å². The maximum atomic E-state index is 12.2. The summed E-state index contributed by atoms with van der Waals surface area (Å²) in [6, 6.07) is 12.6. The fourth-order valence-corrected chi connectivity index (χ4v) is 2.86. The third kappa shape index (κ3) is 4.25. The highest BCUT2D eigenvalue weighted by molar-refractivity contribution is 5.78. The zero-order valence-electron chi connectivity index (χ0n) is 15.2. The van der Waals surface area contributed by atoms with Crippen LogP contribution in [0.2, 0.25) is 0 Å². The lowest BCUT2D eigenvalue weighted by atomic mass is 10.1. The number of methoxy groups -OCH3 is 2. The first-order chi connectivity index (χ1) is 13.1. The Balaban J connectivity index is 1.62. The molecule has 0 saturated carbocycles. The van der Waals surface area contributed by atoms with E-state index in [-0.39, 0.29) is 17.9 Å². The molecule has 3 aromatic rings. The van der Waals surface area contributed by atoms with E-state index in [1.807, 2.05) is 18.2 Å². The number of para-hydroxylation sites is 2. The zero-order chi connectivity index (χ0) is 19.2. The SMILES string of the molecule is COc1cccc(CNC(=O)CCc2nc3ccccc3c(=O)[nH]2)c1OC. The molecule has 140 valence electrons. The molecule has 0 bridgehead atoms. The summed E-state index contributed by atoms with van der Waals surface area (Å²) < 4.78 is 10.6. The van der Waals surface area contributed by atoms with E-state index in [9.17, 15) is 9.59 Å². The first-order valence-electron chi connectivity index (χ1n) is 8.57. The molecule has 1 aromatic heterocycles. The smallest absolute Gasteiger partial charge is 0.258 e. The van der Waals surface area contributed by atoms with Crippen molar-refractivity contribution >= 4 is 16.8 Å². The number of carbonyl (C=O) groups excluding carboxylic acids is 1. The summed E-state index contributed by atoms with van der Waals surface area (Å²) >= 11 is 0. The van der Waals surface area contributed by atoms with Crippen molar-refractivity contribution in [1.29, 1.82) is 0 Å². The second-order valence-electron chi connectivity index (χ2n) is 5.96. The molecule has 0 unspecified atom stereocenters. The number of hydrogen-bond donors (Lipinski definition) is 2. The number of rotatable bonds is 7. The predicted molar refractivity (Wildman–Crippen MR) is 102 cm³/mol. The molecule has 0 atom stereocenters. The van der Waals surface area contributed by atoms with E-state index >= 15 is 0 Å². The number of aromatic nitrogens is 2. The van der Waals surface area contributed by atoms with Gasteiger partial charge in [-0.1, -0.05) is 24.3 Å². The highest BCUT2D eigenvalue weighted by Crippen LogP contribution is 2.30. The summed E-state index contributed by atoms with van der Waals surface area (Å²) in [6.45, 7) is 0.320. The number of nitrogens with zero attached hydrogens (tertiary/aromatic N) is 1. The van der Waals surface area contributed by atoms with Crippen molar-refractivity contribution in [2.75, 3.05) is 14.2 Å². The van der Waals surface area contributed by atoms with Crippen LogP contribution in [0, 0.1) is 0 Å². The van der Waals surface area contributed by atoms with Crippen molar-refractivity contribution in [2.24, 2.45) is 0 Å². The lowest BCUT2D eigenvalue weighted by Crippen LogP contribution is -2.24. The van der Waals surface area contributed by atoms with E-state index in [1.54, 1.807) is 38.5 Å². The van der Waals surface area contributed by atoms with Crippen molar-refractivity contribution in [3.05, 3.63) is 64.2 Å². The number of fused-ring (bicyclic) bond motifs is 1. The van der Waals surface area contributed by atoms with Crippen molar-refractivity contribution < 1.29 is 14.3 Å². The standard InChI is InChI=1S/C20H21N3O4/c1-26-16-9-5-6-13(19(16)27-2)12-21-18(24)11-10-17-22-15-8-4-3-7-14(15)20(25)23-17/h3-9H,10-12H2,1-2H3,(H,21,24)(H,22,23,25). The van der Waals surface area contributed by atoms with Crippen LogP contribution in [0.4, 0.5) is 0 Å². The first kappa shape index (κ1) is 18.4. The van der Waals surface area contributed by atoms with Crippen LogP contribution >= 0.6 is 0 Å². The molecule has 0 aliphatic carbocycles. The number of ether oxygens (including phenoxy) is 2. The number of carbonyl (C=O) groups is 1. The third-order valence-electron chi connectivity index (χ3n) is 4.21. The van der Waals surface area contributed by atoms with E-state index in [1.165, 1.54) is 0 Å². The minimum Gasteiger partial charge on any atom is -0.493 e. The Morgan fingerprint density at radius 3 is 2.70 bits per heavy atom. The van der Waals surface area contributed by atoms with Crippen LogP contribution in [0.25, 0.3) is 10.9 Å². The topological polar surface area (TPSA) is 93.3 Å². The third-order valence-corrected chi connectivity index (χ3v) is 4.21. The number of aromatic amines is 1. The van der Waals surface area contributed by atoms with Crippen LogP contribution in [-0.4, -0.2) is 30.1 Å². The molecule has 7 heteroatoms. The average molecular weight is 367 g/mol. The molecule has 2 N–H and O–H groups in total. The summed E-state index contributed by atoms with van der Waals surface area (Å²) in [7, 11) is 3.13. The second-order valence-corrected chi connectivity index (χ2v) is 5.96. The molecule has 1 amide bonds. The molecule has 0 aliphatic rings. The largest absolute Gasteiger partial charge is 0.493 e. The Labute approximate surface area is 156 Å². The minimum atomic E-state index is -0.197. The summed E-state index contributed by atoms with van der Waals surface area (Å²) in [5.74, 6) is 1.56. The normalized spacial score (nSPS) is 10.6. The van der Waals surface area contributed by atoms with Crippen LogP contribution in [0.5, 0.6) is 11.5 Å². The van der Waals surface area contributed by atoms with Crippen molar-refractivity contribution in [3.63, 3.8) is 0 Å². The molecule has 7 nitrogen and oxygen atoms in total. The molecular formula is C20H21N3O4. The molecule has 3 rings (SSSR count). The highest BCUT2D eigenvalue weighted by Gasteiger charge is 2.11. The number of amides is 1. The summed E-state index contributed by atoms with van der Waals surface area (Å²) in [4.78, 5) is 31.4. The van der Waals surface area contributed by atoms with Crippen molar-refractivity contribution in [2.45, 2.75) is 19.4 Å². The number of nitrogens with one attached hydrogen (secondary N) is 2. The van der Waals surface area contributed by atoms with E-state index in [4.69, 9.17) is 9.47 Å². The number of hydrogen-bond acceptors (Lipinski definition) is 5. The Morgan fingerprint density at radius 1 is 1.11 bits per heavy atom. The molecule has 27 heavy (non-hydrogen) atoms. The van der Waals surface area contributed by atoms with Crippen LogP contribution in [0.1, 0.15) is 17.8 Å². The van der Waals surface area contributed by atoms with Gasteiger partial charge in [-0.2, -0.15) is 0 Å². The fraction of sp³-hybridized carbons (Fsp3) is 0.250. The Kier molecular flexibility index (Phi) is 5.71. The van der Waals surface area contributed by atoms with E-state index < -0.39 is 0 Å². The maximum Gasteiger partial charge on any atom is 0.258 e. The molecule has 0 radical (unpaired) electrons. The molecule has 1 heterocycles. The van der Waals surface area contributed by atoms with Crippen LogP contribution in [0.3, 0.4) is 0 Å². The van der Waals surface area contributed by atoms with Gasteiger partial charge >= 0.3 is 0 Å². The molecule has 0 aliphatic heterocycles. The van der Waals surface area contributed by atoms with Gasteiger partial charge in [-0.15, -0.1) is 0 Å². The molecule has 0 saturated heterocycles. The number of H-pyrrole nitrogens is 1. The Bertz CT molecular complexity index is 1010. The molecule has 0 fully saturated rings. The lowest BCUT2D eigenvalue weighted by molar-refractivity contribution is -0.121. The monoisotopic (exact) mass is 367 g/mol. The van der Waals surface area contributed by atoms with Gasteiger partial charge in [0.25, 0.3) is 5.56 Å². The van der Waals surface area contributed by atoms with Gasteiger partial charge in [-0.05, 0) is 18.2 Å². The summed E-state index contributed by atoms with van der Waals surface area (Å²) in [5.41, 5.74) is 1.25. The minimum absolute atomic E-state index is 0.143. The zero-order valence-corrected chi connectivity index (χ0v) is 15.2. The van der Waals surface area contributed by atoms with E-state index in [2.05, 4.69) is 15.3 Å². The van der Waals surface area contributed by atoms with E-state index in [0.29, 0.717) is 41.2 Å². The quantitative estimate of drug-likeness (QED) is 0.668. The van der Waals surface area contributed by atoms with Crippen LogP contribution in [0.15, 0.2) is 47.3 Å². The number of aryl methyl sites for hydroxylation is 1. The first-order valence-corrected chi connectivity index (χ1v) is 8.57. The van der Waals surface area contributed by atoms with Gasteiger partial charge in [0.05, 0.1) is 25.1 Å². The lowest BCUT2D eigenvalue weighted by Gasteiger charge is -2.13.